The van der Waals surface area contributed by atoms with Crippen LogP contribution in [0.25, 0.3) is 0 Å². The van der Waals surface area contributed by atoms with Crippen molar-refractivity contribution in [2.75, 3.05) is 59.7 Å². The fraction of sp³-hybridized carbons (Fsp3) is 1.00. The Morgan fingerprint density at radius 2 is 1.14 bits per heavy atom. The average molecular weight is 322 g/mol. The maximum atomic E-state index is 5.37. The summed E-state index contributed by atoms with van der Waals surface area (Å²) >= 11 is 0. The van der Waals surface area contributed by atoms with Crippen LogP contribution < -0.4 is 22.9 Å². The first kappa shape index (κ1) is 24.0. The van der Waals surface area contributed by atoms with Gasteiger partial charge in [0.15, 0.2) is 0 Å². The standard InChI is InChI=1S/C8H20N2O2.C7H18N2O/c9-3-1-5-11-7-8-12-6-2-4-10;1-10-7(4-6-9)3-2-5-8/h1-10H2;7H,2-6,8-9H2,1H3. The minimum atomic E-state index is 0.313. The van der Waals surface area contributed by atoms with Crippen molar-refractivity contribution in [2.45, 2.75) is 38.2 Å². The molecule has 0 spiro atoms. The van der Waals surface area contributed by atoms with Crippen molar-refractivity contribution in [2.24, 2.45) is 22.9 Å². The second-order valence-corrected chi connectivity index (χ2v) is 4.88. The Labute approximate surface area is 136 Å². The van der Waals surface area contributed by atoms with Crippen molar-refractivity contribution in [3.8, 4) is 0 Å². The molecule has 1 atom stereocenters. The van der Waals surface area contributed by atoms with Crippen LogP contribution >= 0.6 is 0 Å². The number of methoxy groups -OCH3 is 1. The highest BCUT2D eigenvalue weighted by atomic mass is 16.5. The lowest BCUT2D eigenvalue weighted by atomic mass is 10.1. The van der Waals surface area contributed by atoms with Gasteiger partial charge in [0, 0.05) is 20.3 Å². The highest BCUT2D eigenvalue weighted by Crippen LogP contribution is 2.03. The molecule has 22 heavy (non-hydrogen) atoms. The zero-order chi connectivity index (χ0) is 16.9. The van der Waals surface area contributed by atoms with Gasteiger partial charge in [0.1, 0.15) is 0 Å². The summed E-state index contributed by atoms with van der Waals surface area (Å²) in [6, 6.07) is 0. The summed E-state index contributed by atoms with van der Waals surface area (Å²) in [7, 11) is 1.72. The fourth-order valence-electron chi connectivity index (χ4n) is 1.60. The van der Waals surface area contributed by atoms with Crippen LogP contribution in [0.2, 0.25) is 0 Å². The molecule has 8 N–H and O–H groups in total. The molecule has 0 saturated heterocycles. The fourth-order valence-corrected chi connectivity index (χ4v) is 1.60. The Kier molecular flexibility index (Phi) is 25.1. The van der Waals surface area contributed by atoms with Crippen LogP contribution in [0.3, 0.4) is 0 Å². The second kappa shape index (κ2) is 23.0. The third kappa shape index (κ3) is 22.0. The van der Waals surface area contributed by atoms with Crippen LogP contribution in [0.4, 0.5) is 0 Å². The molecule has 0 saturated carbocycles. The van der Waals surface area contributed by atoms with Gasteiger partial charge in [-0.25, -0.2) is 0 Å². The Bertz CT molecular complexity index is 178. The summed E-state index contributed by atoms with van der Waals surface area (Å²) < 4.78 is 15.6. The van der Waals surface area contributed by atoms with Crippen LogP contribution in [0.1, 0.15) is 32.1 Å². The largest absolute Gasteiger partial charge is 0.381 e. The summed E-state index contributed by atoms with van der Waals surface area (Å²) in [6.45, 7) is 5.60. The first-order valence-electron chi connectivity index (χ1n) is 8.25. The van der Waals surface area contributed by atoms with Gasteiger partial charge in [-0.05, 0) is 58.3 Å². The minimum Gasteiger partial charge on any atom is -0.381 e. The van der Waals surface area contributed by atoms with Crippen LogP contribution in [0.15, 0.2) is 0 Å². The molecule has 0 aliphatic carbocycles. The molecule has 0 heterocycles. The molecule has 7 heteroatoms. The van der Waals surface area contributed by atoms with Crippen LogP contribution in [-0.2, 0) is 14.2 Å². The number of hydrogen-bond acceptors (Lipinski definition) is 7. The van der Waals surface area contributed by atoms with E-state index in [1.165, 1.54) is 0 Å². The van der Waals surface area contributed by atoms with Gasteiger partial charge in [0.2, 0.25) is 0 Å². The van der Waals surface area contributed by atoms with E-state index in [0.29, 0.717) is 39.0 Å². The van der Waals surface area contributed by atoms with Gasteiger partial charge in [-0.1, -0.05) is 0 Å². The van der Waals surface area contributed by atoms with Crippen molar-refractivity contribution in [1.29, 1.82) is 0 Å². The van der Waals surface area contributed by atoms with Crippen molar-refractivity contribution < 1.29 is 14.2 Å². The third-order valence-electron chi connectivity index (χ3n) is 2.91. The van der Waals surface area contributed by atoms with E-state index in [4.69, 9.17) is 37.1 Å². The number of rotatable bonds is 15. The Morgan fingerprint density at radius 3 is 1.50 bits per heavy atom. The first-order valence-corrected chi connectivity index (χ1v) is 8.25. The maximum absolute atomic E-state index is 5.37. The minimum absolute atomic E-state index is 0.313. The molecule has 0 aliphatic rings. The molecule has 0 aromatic carbocycles. The molecule has 136 valence electrons. The quantitative estimate of drug-likeness (QED) is 0.307. The van der Waals surface area contributed by atoms with E-state index < -0.39 is 0 Å². The number of ether oxygens (including phenoxy) is 3. The molecule has 0 aromatic heterocycles. The normalized spacial score (nSPS) is 11.9. The first-order chi connectivity index (χ1) is 10.8. The zero-order valence-electron chi connectivity index (χ0n) is 14.3. The zero-order valence-corrected chi connectivity index (χ0v) is 14.3. The van der Waals surface area contributed by atoms with Gasteiger partial charge in [0.05, 0.1) is 19.3 Å². The predicted octanol–water partition coefficient (Wildman–Crippen LogP) is -0.194. The van der Waals surface area contributed by atoms with E-state index in [1.54, 1.807) is 7.11 Å². The average Bonchev–Trinajstić information content (AvgIpc) is 2.54. The van der Waals surface area contributed by atoms with Crippen LogP contribution in [0, 0.1) is 0 Å². The van der Waals surface area contributed by atoms with E-state index >= 15 is 0 Å². The lowest BCUT2D eigenvalue weighted by Gasteiger charge is -2.12. The maximum Gasteiger partial charge on any atom is 0.0700 e. The predicted molar refractivity (Wildman–Crippen MR) is 91.7 cm³/mol. The summed E-state index contributed by atoms with van der Waals surface area (Å²) in [6.07, 6.45) is 5.15. The highest BCUT2D eigenvalue weighted by Gasteiger charge is 2.03. The molecule has 0 bridgehead atoms. The van der Waals surface area contributed by atoms with Gasteiger partial charge in [-0.15, -0.1) is 0 Å². The summed E-state index contributed by atoms with van der Waals surface area (Å²) in [5.41, 5.74) is 21.3. The van der Waals surface area contributed by atoms with Gasteiger partial charge in [-0.3, -0.25) is 0 Å². The van der Waals surface area contributed by atoms with E-state index in [1.807, 2.05) is 0 Å². The lowest BCUT2D eigenvalue weighted by Crippen LogP contribution is -2.17. The Hall–Kier alpha value is -0.280. The molecule has 0 radical (unpaired) electrons. The van der Waals surface area contributed by atoms with Crippen molar-refractivity contribution in [3.05, 3.63) is 0 Å². The van der Waals surface area contributed by atoms with Gasteiger partial charge >= 0.3 is 0 Å². The monoisotopic (exact) mass is 322 g/mol. The van der Waals surface area contributed by atoms with E-state index in [0.717, 1.165) is 51.9 Å². The van der Waals surface area contributed by atoms with Crippen molar-refractivity contribution >= 4 is 0 Å². The molecule has 7 nitrogen and oxygen atoms in total. The van der Waals surface area contributed by atoms with Gasteiger partial charge in [0.25, 0.3) is 0 Å². The van der Waals surface area contributed by atoms with E-state index in [2.05, 4.69) is 0 Å². The molecular formula is C15H38N4O3. The molecule has 0 rings (SSSR count). The second-order valence-electron chi connectivity index (χ2n) is 4.88. The van der Waals surface area contributed by atoms with Crippen LogP contribution in [0.5, 0.6) is 0 Å². The molecule has 0 aliphatic heterocycles. The molecule has 0 fully saturated rings. The number of hydrogen-bond donors (Lipinski definition) is 4. The third-order valence-corrected chi connectivity index (χ3v) is 2.91. The van der Waals surface area contributed by atoms with Crippen molar-refractivity contribution in [1.82, 2.24) is 0 Å². The molecular weight excluding hydrogens is 284 g/mol. The van der Waals surface area contributed by atoms with Crippen molar-refractivity contribution in [3.63, 3.8) is 0 Å². The molecule has 0 amide bonds. The van der Waals surface area contributed by atoms with E-state index in [9.17, 15) is 0 Å². The SMILES string of the molecule is COC(CCN)CCCN.NCCCOCCOCCCN. The molecule has 0 aromatic rings. The topological polar surface area (TPSA) is 132 Å². The summed E-state index contributed by atoms with van der Waals surface area (Å²) in [5.74, 6) is 0. The highest BCUT2D eigenvalue weighted by molar-refractivity contribution is 4.58. The van der Waals surface area contributed by atoms with Gasteiger partial charge in [-0.2, -0.15) is 0 Å². The molecule has 1 unspecified atom stereocenters. The summed E-state index contributed by atoms with van der Waals surface area (Å²) in [4.78, 5) is 0. The Morgan fingerprint density at radius 1 is 0.636 bits per heavy atom. The number of nitrogens with two attached hydrogens (primary N) is 4. The smallest absolute Gasteiger partial charge is 0.0700 e. The van der Waals surface area contributed by atoms with E-state index in [-0.39, 0.29) is 0 Å². The Balaban J connectivity index is 0. The van der Waals surface area contributed by atoms with Gasteiger partial charge < -0.3 is 37.1 Å². The van der Waals surface area contributed by atoms with Crippen LogP contribution in [-0.4, -0.2) is 65.8 Å². The lowest BCUT2D eigenvalue weighted by molar-refractivity contribution is 0.0471. The summed E-state index contributed by atoms with van der Waals surface area (Å²) in [5, 5.41) is 0.